The summed E-state index contributed by atoms with van der Waals surface area (Å²) in [5.41, 5.74) is 11.6. The van der Waals surface area contributed by atoms with Crippen LogP contribution in [0.3, 0.4) is 0 Å². The molecule has 0 saturated carbocycles. The van der Waals surface area contributed by atoms with Crippen LogP contribution in [-0.4, -0.2) is 24.7 Å². The number of rotatable bonds is 4. The van der Waals surface area contributed by atoms with Gasteiger partial charge in [-0.05, 0) is 12.1 Å². The first kappa shape index (κ1) is 12.4. The second-order valence-corrected chi connectivity index (χ2v) is 3.94. The molecule has 1 aromatic rings. The molecule has 6 heteroatoms. The summed E-state index contributed by atoms with van der Waals surface area (Å²) in [6, 6.07) is 4.85. The molecule has 0 aliphatic carbocycles. The van der Waals surface area contributed by atoms with Crippen molar-refractivity contribution in [3.63, 3.8) is 0 Å². The lowest BCUT2D eigenvalue weighted by atomic mass is 10.2. The van der Waals surface area contributed by atoms with Crippen molar-refractivity contribution in [2.45, 2.75) is 4.90 Å². The SMILES string of the molecule is COC(=O)CSc1c(N)cccc1C(N)=O. The number of carbonyl (C=O) groups is 2. The van der Waals surface area contributed by atoms with E-state index in [0.717, 1.165) is 11.8 Å². The average molecular weight is 240 g/mol. The van der Waals surface area contributed by atoms with Gasteiger partial charge in [-0.2, -0.15) is 0 Å². The second-order valence-electron chi connectivity index (χ2n) is 2.95. The van der Waals surface area contributed by atoms with Gasteiger partial charge in [-0.25, -0.2) is 0 Å². The van der Waals surface area contributed by atoms with Crippen LogP contribution in [-0.2, 0) is 9.53 Å². The molecule has 4 N–H and O–H groups in total. The van der Waals surface area contributed by atoms with Crippen LogP contribution in [0.25, 0.3) is 0 Å². The Kier molecular flexibility index (Phi) is 4.19. The Bertz CT molecular complexity index is 421. The molecule has 0 aliphatic heterocycles. The standard InChI is InChI=1S/C10H12N2O3S/c1-15-8(13)5-16-9-6(10(12)14)3-2-4-7(9)11/h2-4H,5,11H2,1H3,(H2,12,14). The van der Waals surface area contributed by atoms with E-state index in [1.165, 1.54) is 7.11 Å². The molecule has 0 radical (unpaired) electrons. The highest BCUT2D eigenvalue weighted by Crippen LogP contribution is 2.28. The van der Waals surface area contributed by atoms with Gasteiger partial charge < -0.3 is 16.2 Å². The number of methoxy groups -OCH3 is 1. The summed E-state index contributed by atoms with van der Waals surface area (Å²) in [5, 5.41) is 0. The normalized spacial score (nSPS) is 9.81. The summed E-state index contributed by atoms with van der Waals surface area (Å²) in [4.78, 5) is 22.6. The molecule has 0 saturated heterocycles. The van der Waals surface area contributed by atoms with Gasteiger partial charge >= 0.3 is 5.97 Å². The lowest BCUT2D eigenvalue weighted by Gasteiger charge is -2.08. The van der Waals surface area contributed by atoms with Crippen molar-refractivity contribution in [2.24, 2.45) is 5.73 Å². The minimum Gasteiger partial charge on any atom is -0.468 e. The van der Waals surface area contributed by atoms with Crippen molar-refractivity contribution >= 4 is 29.3 Å². The van der Waals surface area contributed by atoms with Gasteiger partial charge in [0.25, 0.3) is 0 Å². The zero-order chi connectivity index (χ0) is 12.1. The maximum Gasteiger partial charge on any atom is 0.315 e. The number of esters is 1. The summed E-state index contributed by atoms with van der Waals surface area (Å²) >= 11 is 1.13. The Morgan fingerprint density at radius 1 is 1.44 bits per heavy atom. The van der Waals surface area contributed by atoms with E-state index in [9.17, 15) is 9.59 Å². The Hall–Kier alpha value is -1.69. The van der Waals surface area contributed by atoms with E-state index in [0.29, 0.717) is 16.1 Å². The summed E-state index contributed by atoms with van der Waals surface area (Å²) in [6.07, 6.45) is 0. The Balaban J connectivity index is 2.93. The summed E-state index contributed by atoms with van der Waals surface area (Å²) in [6.45, 7) is 0. The molecule has 1 aromatic carbocycles. The molecule has 0 atom stereocenters. The van der Waals surface area contributed by atoms with Crippen LogP contribution in [0.1, 0.15) is 10.4 Å². The van der Waals surface area contributed by atoms with Gasteiger partial charge in [-0.15, -0.1) is 11.8 Å². The average Bonchev–Trinajstić information content (AvgIpc) is 2.26. The van der Waals surface area contributed by atoms with Gasteiger partial charge in [0.15, 0.2) is 0 Å². The largest absolute Gasteiger partial charge is 0.468 e. The Morgan fingerprint density at radius 2 is 2.12 bits per heavy atom. The van der Waals surface area contributed by atoms with Crippen molar-refractivity contribution in [3.05, 3.63) is 23.8 Å². The number of ether oxygens (including phenoxy) is 1. The maximum absolute atomic E-state index is 11.1. The van der Waals surface area contributed by atoms with E-state index in [1.807, 2.05) is 0 Å². The first-order valence-corrected chi connectivity index (χ1v) is 5.42. The zero-order valence-electron chi connectivity index (χ0n) is 8.73. The Labute approximate surface area is 97.1 Å². The molecule has 0 spiro atoms. The minimum absolute atomic E-state index is 0.0883. The number of carbonyl (C=O) groups excluding carboxylic acids is 2. The number of hydrogen-bond acceptors (Lipinski definition) is 5. The van der Waals surface area contributed by atoms with Gasteiger partial charge in [0.05, 0.1) is 18.4 Å². The van der Waals surface area contributed by atoms with Crippen LogP contribution in [0, 0.1) is 0 Å². The lowest BCUT2D eigenvalue weighted by Crippen LogP contribution is -2.14. The van der Waals surface area contributed by atoms with Crippen molar-refractivity contribution < 1.29 is 14.3 Å². The van der Waals surface area contributed by atoms with Crippen LogP contribution >= 0.6 is 11.8 Å². The van der Waals surface area contributed by atoms with Crippen molar-refractivity contribution in [1.29, 1.82) is 0 Å². The molecule has 5 nitrogen and oxygen atoms in total. The maximum atomic E-state index is 11.1. The third kappa shape index (κ3) is 2.90. The molecule has 0 heterocycles. The van der Waals surface area contributed by atoms with E-state index in [2.05, 4.69) is 4.74 Å². The molecule has 1 amide bonds. The molecule has 0 unspecified atom stereocenters. The smallest absolute Gasteiger partial charge is 0.315 e. The molecular weight excluding hydrogens is 228 g/mol. The van der Waals surface area contributed by atoms with Crippen LogP contribution in [0.15, 0.2) is 23.1 Å². The third-order valence-corrected chi connectivity index (χ3v) is 3.00. The van der Waals surface area contributed by atoms with E-state index in [1.54, 1.807) is 18.2 Å². The topological polar surface area (TPSA) is 95.4 Å². The molecule has 16 heavy (non-hydrogen) atoms. The lowest BCUT2D eigenvalue weighted by molar-refractivity contribution is -0.137. The second kappa shape index (κ2) is 5.41. The van der Waals surface area contributed by atoms with Crippen molar-refractivity contribution in [3.8, 4) is 0 Å². The van der Waals surface area contributed by atoms with E-state index >= 15 is 0 Å². The number of benzene rings is 1. The fraction of sp³-hybridized carbons (Fsp3) is 0.200. The zero-order valence-corrected chi connectivity index (χ0v) is 9.54. The fourth-order valence-electron chi connectivity index (χ4n) is 1.10. The van der Waals surface area contributed by atoms with Gasteiger partial charge in [0.2, 0.25) is 5.91 Å². The highest BCUT2D eigenvalue weighted by atomic mass is 32.2. The van der Waals surface area contributed by atoms with Crippen LogP contribution < -0.4 is 11.5 Å². The van der Waals surface area contributed by atoms with Crippen LogP contribution in [0.4, 0.5) is 5.69 Å². The van der Waals surface area contributed by atoms with Gasteiger partial charge in [-0.3, -0.25) is 9.59 Å². The number of primary amides is 1. The predicted molar refractivity (Wildman–Crippen MR) is 62.1 cm³/mol. The predicted octanol–water partition coefficient (Wildman–Crippen LogP) is 0.633. The highest BCUT2D eigenvalue weighted by Gasteiger charge is 2.13. The van der Waals surface area contributed by atoms with E-state index in [-0.39, 0.29) is 11.7 Å². The van der Waals surface area contributed by atoms with Gasteiger partial charge in [0, 0.05) is 10.6 Å². The molecule has 0 aromatic heterocycles. The van der Waals surface area contributed by atoms with Crippen molar-refractivity contribution in [2.75, 3.05) is 18.6 Å². The van der Waals surface area contributed by atoms with Gasteiger partial charge in [-0.1, -0.05) is 6.07 Å². The summed E-state index contributed by atoms with van der Waals surface area (Å²) in [5.74, 6) is -0.867. The molecule has 1 rings (SSSR count). The number of thioether (sulfide) groups is 1. The van der Waals surface area contributed by atoms with Crippen LogP contribution in [0.5, 0.6) is 0 Å². The minimum atomic E-state index is -0.570. The first-order chi connectivity index (χ1) is 7.56. The number of nitrogen functional groups attached to an aromatic ring is 1. The van der Waals surface area contributed by atoms with Crippen LogP contribution in [0.2, 0.25) is 0 Å². The molecule has 0 bridgehead atoms. The monoisotopic (exact) mass is 240 g/mol. The highest BCUT2D eigenvalue weighted by molar-refractivity contribution is 8.00. The van der Waals surface area contributed by atoms with Gasteiger partial charge in [0.1, 0.15) is 0 Å². The number of anilines is 1. The van der Waals surface area contributed by atoms with E-state index < -0.39 is 5.91 Å². The Morgan fingerprint density at radius 3 is 2.69 bits per heavy atom. The molecule has 0 fully saturated rings. The summed E-state index contributed by atoms with van der Waals surface area (Å²) < 4.78 is 4.50. The molecule has 0 aliphatic rings. The summed E-state index contributed by atoms with van der Waals surface area (Å²) in [7, 11) is 1.30. The fourth-order valence-corrected chi connectivity index (χ4v) is 2.04. The number of nitrogens with two attached hydrogens (primary N) is 2. The number of hydrogen-bond donors (Lipinski definition) is 2. The molecular formula is C10H12N2O3S. The quantitative estimate of drug-likeness (QED) is 0.457. The molecule has 86 valence electrons. The third-order valence-electron chi connectivity index (χ3n) is 1.87. The first-order valence-electron chi connectivity index (χ1n) is 4.44. The van der Waals surface area contributed by atoms with E-state index in [4.69, 9.17) is 11.5 Å². The number of amides is 1. The van der Waals surface area contributed by atoms with Crippen molar-refractivity contribution in [1.82, 2.24) is 0 Å².